The first kappa shape index (κ1) is 15.3. The molecule has 1 fully saturated rings. The summed E-state index contributed by atoms with van der Waals surface area (Å²) in [6.45, 7) is 4.55. The third-order valence-electron chi connectivity index (χ3n) is 3.94. The van der Waals surface area contributed by atoms with E-state index in [9.17, 15) is 8.42 Å². The van der Waals surface area contributed by atoms with E-state index in [1.807, 2.05) is 0 Å². The first-order chi connectivity index (χ1) is 9.30. The van der Waals surface area contributed by atoms with E-state index in [1.165, 1.54) is 19.2 Å². The summed E-state index contributed by atoms with van der Waals surface area (Å²) in [6.07, 6.45) is 1.04. The van der Waals surface area contributed by atoms with Crippen LogP contribution in [0.25, 0.3) is 0 Å². The van der Waals surface area contributed by atoms with Crippen LogP contribution in [0.2, 0.25) is 0 Å². The van der Waals surface area contributed by atoms with Crippen LogP contribution in [0.15, 0.2) is 23.1 Å². The highest BCUT2D eigenvalue weighted by atomic mass is 32.2. The van der Waals surface area contributed by atoms with Gasteiger partial charge < -0.3 is 9.84 Å². The number of aliphatic hydroxyl groups is 1. The second-order valence-electron chi connectivity index (χ2n) is 5.88. The van der Waals surface area contributed by atoms with Crippen molar-refractivity contribution in [2.45, 2.75) is 31.8 Å². The lowest BCUT2D eigenvalue weighted by molar-refractivity contribution is 0.280. The molecule has 5 nitrogen and oxygen atoms in total. The van der Waals surface area contributed by atoms with Crippen LogP contribution in [0.3, 0.4) is 0 Å². The zero-order valence-electron chi connectivity index (χ0n) is 12.0. The van der Waals surface area contributed by atoms with Crippen LogP contribution in [0.4, 0.5) is 0 Å². The van der Waals surface area contributed by atoms with E-state index in [4.69, 9.17) is 9.84 Å². The summed E-state index contributed by atoms with van der Waals surface area (Å²) in [7, 11) is -2.17. The van der Waals surface area contributed by atoms with E-state index in [1.54, 1.807) is 6.07 Å². The fraction of sp³-hybridized carbons (Fsp3) is 0.571. The molecule has 0 saturated heterocycles. The van der Waals surface area contributed by atoms with E-state index >= 15 is 0 Å². The van der Waals surface area contributed by atoms with Gasteiger partial charge in [-0.1, -0.05) is 19.9 Å². The number of aliphatic hydroxyl groups excluding tert-OH is 1. The van der Waals surface area contributed by atoms with Gasteiger partial charge in [0.2, 0.25) is 10.0 Å². The summed E-state index contributed by atoms with van der Waals surface area (Å²) in [5, 5.41) is 9.07. The van der Waals surface area contributed by atoms with Crippen molar-refractivity contribution >= 4 is 10.0 Å². The number of rotatable bonds is 6. The molecule has 0 amide bonds. The molecule has 6 heteroatoms. The van der Waals surface area contributed by atoms with Crippen molar-refractivity contribution in [1.29, 1.82) is 0 Å². The van der Waals surface area contributed by atoms with Gasteiger partial charge in [0, 0.05) is 6.54 Å². The Morgan fingerprint density at radius 2 is 2.10 bits per heavy atom. The van der Waals surface area contributed by atoms with E-state index in [2.05, 4.69) is 18.6 Å². The molecule has 0 aromatic heterocycles. The van der Waals surface area contributed by atoms with Gasteiger partial charge in [-0.15, -0.1) is 0 Å². The molecule has 0 bridgehead atoms. The molecule has 1 saturated carbocycles. The predicted octanol–water partition coefficient (Wildman–Crippen LogP) is 1.51. The highest BCUT2D eigenvalue weighted by Crippen LogP contribution is 2.51. The molecule has 2 rings (SSSR count). The Morgan fingerprint density at radius 1 is 1.45 bits per heavy atom. The lowest BCUT2D eigenvalue weighted by Crippen LogP contribution is -2.27. The fourth-order valence-electron chi connectivity index (χ4n) is 2.25. The van der Waals surface area contributed by atoms with Crippen LogP contribution < -0.4 is 9.46 Å². The number of nitrogens with one attached hydrogen (secondary N) is 1. The average Bonchev–Trinajstić information content (AvgIpc) is 3.03. The Bertz CT molecular complexity index is 595. The Hall–Kier alpha value is -1.11. The number of hydrogen-bond donors (Lipinski definition) is 2. The summed E-state index contributed by atoms with van der Waals surface area (Å²) in [6, 6.07) is 4.58. The van der Waals surface area contributed by atoms with E-state index in [0.29, 0.717) is 18.0 Å². The highest BCUT2D eigenvalue weighted by Gasteiger charge is 2.45. The van der Waals surface area contributed by atoms with Crippen molar-refractivity contribution in [3.05, 3.63) is 23.8 Å². The molecule has 0 aliphatic heterocycles. The first-order valence-electron chi connectivity index (χ1n) is 6.57. The van der Waals surface area contributed by atoms with Gasteiger partial charge >= 0.3 is 0 Å². The maximum atomic E-state index is 12.3. The van der Waals surface area contributed by atoms with Crippen LogP contribution in [0, 0.1) is 11.3 Å². The number of hydrogen-bond acceptors (Lipinski definition) is 4. The molecule has 1 unspecified atom stereocenters. The van der Waals surface area contributed by atoms with Crippen molar-refractivity contribution in [1.82, 2.24) is 4.72 Å². The number of methoxy groups -OCH3 is 1. The summed E-state index contributed by atoms with van der Waals surface area (Å²) < 4.78 is 32.3. The highest BCUT2D eigenvalue weighted by molar-refractivity contribution is 7.89. The Kier molecular flexibility index (Phi) is 4.09. The third-order valence-corrected chi connectivity index (χ3v) is 5.40. The molecule has 112 valence electrons. The minimum Gasteiger partial charge on any atom is -0.495 e. The Labute approximate surface area is 120 Å². The van der Waals surface area contributed by atoms with Gasteiger partial charge in [0.15, 0.2) is 0 Å². The van der Waals surface area contributed by atoms with Gasteiger partial charge in [-0.2, -0.15) is 0 Å². The van der Waals surface area contributed by atoms with Gasteiger partial charge in [-0.05, 0) is 35.4 Å². The van der Waals surface area contributed by atoms with E-state index in [-0.39, 0.29) is 22.7 Å². The predicted molar refractivity (Wildman–Crippen MR) is 76.0 cm³/mol. The molecule has 1 atom stereocenters. The number of benzene rings is 1. The third kappa shape index (κ3) is 3.13. The summed E-state index contributed by atoms with van der Waals surface area (Å²) in [5.74, 6) is 0.638. The van der Waals surface area contributed by atoms with Gasteiger partial charge in [-0.3, -0.25) is 0 Å². The van der Waals surface area contributed by atoms with Crippen molar-refractivity contribution in [3.8, 4) is 5.75 Å². The maximum Gasteiger partial charge on any atom is 0.244 e. The minimum absolute atomic E-state index is 0.107. The molecule has 1 aromatic carbocycles. The summed E-state index contributed by atoms with van der Waals surface area (Å²) in [4.78, 5) is 0.107. The molecular weight excluding hydrogens is 278 g/mol. The first-order valence-corrected chi connectivity index (χ1v) is 8.06. The van der Waals surface area contributed by atoms with E-state index in [0.717, 1.165) is 6.42 Å². The molecule has 0 spiro atoms. The van der Waals surface area contributed by atoms with E-state index < -0.39 is 10.0 Å². The minimum atomic E-state index is -3.59. The topological polar surface area (TPSA) is 75.6 Å². The van der Waals surface area contributed by atoms with Crippen LogP contribution in [-0.4, -0.2) is 27.2 Å². The van der Waals surface area contributed by atoms with Gasteiger partial charge in [0.05, 0.1) is 13.7 Å². The molecule has 20 heavy (non-hydrogen) atoms. The zero-order valence-corrected chi connectivity index (χ0v) is 12.8. The maximum absolute atomic E-state index is 12.3. The van der Waals surface area contributed by atoms with Crippen molar-refractivity contribution in [2.75, 3.05) is 13.7 Å². The second-order valence-corrected chi connectivity index (χ2v) is 7.62. The number of sulfonamides is 1. The zero-order chi connectivity index (χ0) is 15.0. The summed E-state index contributed by atoms with van der Waals surface area (Å²) >= 11 is 0. The summed E-state index contributed by atoms with van der Waals surface area (Å²) in [5.41, 5.74) is 0.844. The molecule has 1 aliphatic rings. The lowest BCUT2D eigenvalue weighted by atomic mass is 10.1. The average molecular weight is 299 g/mol. The van der Waals surface area contributed by atoms with Gasteiger partial charge in [0.1, 0.15) is 10.6 Å². The second kappa shape index (κ2) is 5.35. The Balaban J connectivity index is 2.16. The van der Waals surface area contributed by atoms with Crippen LogP contribution in [0.1, 0.15) is 25.8 Å². The Morgan fingerprint density at radius 3 is 2.60 bits per heavy atom. The largest absolute Gasteiger partial charge is 0.495 e. The standard InChI is InChI=1S/C14H21NO4S/c1-14(2)7-11(14)8-15-20(17,18)13-5-4-10(9-16)6-12(13)19-3/h4-6,11,15-16H,7-9H2,1-3H3. The molecular formula is C14H21NO4S. The lowest BCUT2D eigenvalue weighted by Gasteiger charge is -2.12. The van der Waals surface area contributed by atoms with Crippen LogP contribution >= 0.6 is 0 Å². The molecule has 1 aliphatic carbocycles. The van der Waals surface area contributed by atoms with Crippen molar-refractivity contribution in [2.24, 2.45) is 11.3 Å². The SMILES string of the molecule is COc1cc(CO)ccc1S(=O)(=O)NCC1CC1(C)C. The smallest absolute Gasteiger partial charge is 0.244 e. The van der Waals surface area contributed by atoms with Crippen LogP contribution in [-0.2, 0) is 16.6 Å². The quantitative estimate of drug-likeness (QED) is 0.835. The van der Waals surface area contributed by atoms with Crippen molar-refractivity contribution < 1.29 is 18.3 Å². The van der Waals surface area contributed by atoms with Gasteiger partial charge in [0.25, 0.3) is 0 Å². The molecule has 1 aromatic rings. The molecule has 0 heterocycles. The fourth-order valence-corrected chi connectivity index (χ4v) is 3.48. The number of ether oxygens (including phenoxy) is 1. The van der Waals surface area contributed by atoms with Gasteiger partial charge in [-0.25, -0.2) is 13.1 Å². The monoisotopic (exact) mass is 299 g/mol. The molecule has 0 radical (unpaired) electrons. The molecule has 2 N–H and O–H groups in total. The van der Waals surface area contributed by atoms with Crippen LogP contribution in [0.5, 0.6) is 5.75 Å². The normalized spacial score (nSPS) is 20.7. The van der Waals surface area contributed by atoms with Crippen molar-refractivity contribution in [3.63, 3.8) is 0 Å².